The topological polar surface area (TPSA) is 59.8 Å². The fourth-order valence-electron chi connectivity index (χ4n) is 2.09. The number of alkyl halides is 2. The number of thioether (sulfide) groups is 1. The van der Waals surface area contributed by atoms with E-state index in [0.29, 0.717) is 22.6 Å². The summed E-state index contributed by atoms with van der Waals surface area (Å²) in [6, 6.07) is 11.1. The zero-order valence-electron chi connectivity index (χ0n) is 12.6. The Hall–Kier alpha value is -2.45. The molecule has 0 aliphatic rings. The van der Waals surface area contributed by atoms with Gasteiger partial charge in [-0.1, -0.05) is 35.5 Å². The minimum atomic E-state index is -2.61. The summed E-state index contributed by atoms with van der Waals surface area (Å²) in [6.07, 6.45) is 3.16. The van der Waals surface area contributed by atoms with Gasteiger partial charge in [-0.2, -0.15) is 8.78 Å². The Balaban J connectivity index is 1.80. The molecule has 0 unspecified atom stereocenters. The van der Waals surface area contributed by atoms with E-state index in [4.69, 9.17) is 11.6 Å². The average molecular weight is 381 g/mol. The highest BCUT2D eigenvalue weighted by Gasteiger charge is 2.16. The Bertz CT molecular complexity index is 903. The van der Waals surface area contributed by atoms with Crippen molar-refractivity contribution in [2.75, 3.05) is 5.32 Å². The summed E-state index contributed by atoms with van der Waals surface area (Å²) in [6.45, 7) is 0. The fraction of sp³-hybridized carbons (Fsp3) is 0.0625. The van der Waals surface area contributed by atoms with Gasteiger partial charge in [-0.25, -0.2) is 9.67 Å². The van der Waals surface area contributed by atoms with E-state index in [-0.39, 0.29) is 16.3 Å². The van der Waals surface area contributed by atoms with Crippen LogP contribution < -0.4 is 5.32 Å². The first-order chi connectivity index (χ1) is 12.0. The van der Waals surface area contributed by atoms with E-state index in [0.717, 1.165) is 0 Å². The van der Waals surface area contributed by atoms with Crippen molar-refractivity contribution in [1.29, 1.82) is 0 Å². The lowest BCUT2D eigenvalue weighted by Gasteiger charge is -2.08. The molecule has 0 atom stereocenters. The lowest BCUT2D eigenvalue weighted by atomic mass is 10.2. The van der Waals surface area contributed by atoms with E-state index in [2.05, 4.69) is 15.4 Å². The molecule has 3 rings (SSSR count). The van der Waals surface area contributed by atoms with Crippen LogP contribution in [0.25, 0.3) is 5.82 Å². The number of carbonyl (C=O) groups excluding carboxylic acids is 1. The van der Waals surface area contributed by atoms with E-state index in [9.17, 15) is 13.6 Å². The number of anilines is 1. The number of nitrogens with one attached hydrogen (secondary N) is 1. The number of rotatable bonds is 5. The maximum absolute atomic E-state index is 12.6. The van der Waals surface area contributed by atoms with E-state index >= 15 is 0 Å². The van der Waals surface area contributed by atoms with Gasteiger partial charge in [0.2, 0.25) is 0 Å². The predicted octanol–water partition coefficient (Wildman–Crippen LogP) is 4.49. The van der Waals surface area contributed by atoms with Gasteiger partial charge in [0.1, 0.15) is 0 Å². The summed E-state index contributed by atoms with van der Waals surface area (Å²) in [5.41, 5.74) is 0.151. The first kappa shape index (κ1) is 17.4. The second-order valence-electron chi connectivity index (χ2n) is 4.78. The molecule has 0 radical (unpaired) electrons. The molecule has 1 amide bonds. The maximum Gasteiger partial charge on any atom is 0.288 e. The van der Waals surface area contributed by atoms with Crippen LogP contribution >= 0.6 is 23.4 Å². The van der Waals surface area contributed by atoms with E-state index in [1.54, 1.807) is 42.7 Å². The Morgan fingerprint density at radius 1 is 1.20 bits per heavy atom. The van der Waals surface area contributed by atoms with Gasteiger partial charge in [-0.15, -0.1) is 5.10 Å². The molecule has 3 aromatic rings. The van der Waals surface area contributed by atoms with Gasteiger partial charge in [0.15, 0.2) is 11.6 Å². The molecule has 1 aromatic carbocycles. The molecule has 5 nitrogen and oxygen atoms in total. The standard InChI is InChI=1S/C16H11ClF2N4OS/c17-11-5-3-8-20-14(11)23-9-7-13(22-23)21-15(24)10-4-1-2-6-12(10)25-16(18)19/h1-9,16H,(H,21,22,24). The number of benzene rings is 1. The van der Waals surface area contributed by atoms with Crippen molar-refractivity contribution >= 4 is 35.1 Å². The van der Waals surface area contributed by atoms with Crippen molar-refractivity contribution in [2.45, 2.75) is 10.7 Å². The molecular weight excluding hydrogens is 370 g/mol. The number of halogens is 3. The first-order valence-corrected chi connectivity index (χ1v) is 8.32. The molecule has 0 saturated carbocycles. The Labute approximate surface area is 151 Å². The molecule has 0 bridgehead atoms. The van der Waals surface area contributed by atoms with Gasteiger partial charge in [0.25, 0.3) is 11.7 Å². The summed E-state index contributed by atoms with van der Waals surface area (Å²) >= 11 is 6.38. The highest BCUT2D eigenvalue weighted by Crippen LogP contribution is 2.28. The van der Waals surface area contributed by atoms with Gasteiger partial charge in [0.05, 0.1) is 10.6 Å². The summed E-state index contributed by atoms with van der Waals surface area (Å²) in [5, 5.41) is 7.17. The average Bonchev–Trinajstić information content (AvgIpc) is 3.03. The van der Waals surface area contributed by atoms with Crippen LogP contribution in [0.2, 0.25) is 5.02 Å². The monoisotopic (exact) mass is 380 g/mol. The quantitative estimate of drug-likeness (QED) is 0.662. The van der Waals surface area contributed by atoms with Crippen LogP contribution in [-0.4, -0.2) is 26.4 Å². The molecule has 0 aliphatic carbocycles. The van der Waals surface area contributed by atoms with Crippen LogP contribution in [0.3, 0.4) is 0 Å². The minimum absolute atomic E-state index is 0.151. The van der Waals surface area contributed by atoms with Gasteiger partial charge in [-0.05, 0) is 24.3 Å². The van der Waals surface area contributed by atoms with Gasteiger partial charge in [0, 0.05) is 23.4 Å². The number of hydrogen-bond donors (Lipinski definition) is 1. The van der Waals surface area contributed by atoms with Crippen molar-refractivity contribution in [3.05, 3.63) is 65.4 Å². The summed E-state index contributed by atoms with van der Waals surface area (Å²) in [5.74, 6) is -2.47. The molecule has 25 heavy (non-hydrogen) atoms. The zero-order valence-corrected chi connectivity index (χ0v) is 14.1. The minimum Gasteiger partial charge on any atom is -0.305 e. The SMILES string of the molecule is O=C(Nc1ccn(-c2ncccc2Cl)n1)c1ccccc1SC(F)F. The van der Waals surface area contributed by atoms with Crippen molar-refractivity contribution < 1.29 is 13.6 Å². The molecule has 0 aliphatic heterocycles. The second-order valence-corrected chi connectivity index (χ2v) is 6.22. The molecule has 128 valence electrons. The second kappa shape index (κ2) is 7.62. The Kier molecular flexibility index (Phi) is 5.30. The third-order valence-corrected chi connectivity index (χ3v) is 4.22. The van der Waals surface area contributed by atoms with Crippen molar-refractivity contribution in [3.8, 4) is 5.82 Å². The highest BCUT2D eigenvalue weighted by atomic mass is 35.5. The summed E-state index contributed by atoms with van der Waals surface area (Å²) in [7, 11) is 0. The van der Waals surface area contributed by atoms with Crippen LogP contribution in [-0.2, 0) is 0 Å². The summed E-state index contributed by atoms with van der Waals surface area (Å²) in [4.78, 5) is 16.7. The van der Waals surface area contributed by atoms with Crippen LogP contribution in [0, 0.1) is 0 Å². The fourth-order valence-corrected chi connectivity index (χ4v) is 2.94. The van der Waals surface area contributed by atoms with Crippen LogP contribution in [0.15, 0.2) is 59.8 Å². The molecule has 1 N–H and O–H groups in total. The third-order valence-electron chi connectivity index (χ3n) is 3.13. The first-order valence-electron chi connectivity index (χ1n) is 7.06. The molecular formula is C16H11ClF2N4OS. The maximum atomic E-state index is 12.6. The van der Waals surface area contributed by atoms with E-state index < -0.39 is 11.7 Å². The number of nitrogens with zero attached hydrogens (tertiary/aromatic N) is 3. The molecule has 0 fully saturated rings. The number of aromatic nitrogens is 3. The largest absolute Gasteiger partial charge is 0.305 e. The van der Waals surface area contributed by atoms with Gasteiger partial charge in [-0.3, -0.25) is 4.79 Å². The third kappa shape index (κ3) is 4.15. The zero-order chi connectivity index (χ0) is 17.8. The number of carbonyl (C=O) groups is 1. The van der Waals surface area contributed by atoms with E-state index in [1.165, 1.54) is 16.8 Å². The smallest absolute Gasteiger partial charge is 0.288 e. The van der Waals surface area contributed by atoms with E-state index in [1.807, 2.05) is 0 Å². The van der Waals surface area contributed by atoms with Crippen molar-refractivity contribution in [3.63, 3.8) is 0 Å². The van der Waals surface area contributed by atoms with Crippen molar-refractivity contribution in [1.82, 2.24) is 14.8 Å². The van der Waals surface area contributed by atoms with Gasteiger partial charge >= 0.3 is 0 Å². The lowest BCUT2D eigenvalue weighted by Crippen LogP contribution is -2.14. The molecule has 0 spiro atoms. The number of amides is 1. The summed E-state index contributed by atoms with van der Waals surface area (Å²) < 4.78 is 26.6. The van der Waals surface area contributed by atoms with Crippen LogP contribution in [0.1, 0.15) is 10.4 Å². The Morgan fingerprint density at radius 2 is 2.00 bits per heavy atom. The van der Waals surface area contributed by atoms with Crippen molar-refractivity contribution in [2.24, 2.45) is 0 Å². The molecule has 2 aromatic heterocycles. The normalized spacial score (nSPS) is 10.9. The lowest BCUT2D eigenvalue weighted by molar-refractivity contribution is 0.102. The molecule has 2 heterocycles. The number of pyridine rings is 1. The molecule has 9 heteroatoms. The van der Waals surface area contributed by atoms with Gasteiger partial charge < -0.3 is 5.32 Å². The molecule has 0 saturated heterocycles. The Morgan fingerprint density at radius 3 is 2.76 bits per heavy atom. The van der Waals surface area contributed by atoms with Crippen LogP contribution in [0.4, 0.5) is 14.6 Å². The predicted molar refractivity (Wildman–Crippen MR) is 92.6 cm³/mol. The highest BCUT2D eigenvalue weighted by molar-refractivity contribution is 7.99. The van der Waals surface area contributed by atoms with Crippen LogP contribution in [0.5, 0.6) is 0 Å². The number of hydrogen-bond acceptors (Lipinski definition) is 4.